The number of amides is 1. The summed E-state index contributed by atoms with van der Waals surface area (Å²) in [6, 6.07) is 15.3. The Bertz CT molecular complexity index is 1060. The van der Waals surface area contributed by atoms with Crippen LogP contribution < -0.4 is 5.32 Å². The summed E-state index contributed by atoms with van der Waals surface area (Å²) >= 11 is 6.02. The lowest BCUT2D eigenvalue weighted by Crippen LogP contribution is -2.15. The highest BCUT2D eigenvalue weighted by molar-refractivity contribution is 6.31. The molecule has 2 aromatic heterocycles. The van der Waals surface area contributed by atoms with Crippen LogP contribution in [0, 0.1) is 0 Å². The second-order valence-corrected chi connectivity index (χ2v) is 6.12. The topological polar surface area (TPSA) is 83.6 Å². The fourth-order valence-electron chi connectivity index (χ4n) is 2.69. The maximum Gasteiger partial charge on any atom is 0.251 e. The van der Waals surface area contributed by atoms with Crippen molar-refractivity contribution in [1.82, 2.24) is 20.2 Å². The minimum Gasteiger partial charge on any atom is -0.338 e. The number of H-pyrrole nitrogens is 1. The van der Waals surface area contributed by atoms with Crippen molar-refractivity contribution in [3.63, 3.8) is 0 Å². The molecule has 0 radical (unpaired) electrons. The number of fused-ring (bicyclic) bond motifs is 3. The number of nitrogens with one attached hydrogen (secondary N) is 2. The Kier molecular flexibility index (Phi) is 4.03. The van der Waals surface area contributed by atoms with Crippen LogP contribution in [0.15, 0.2) is 48.5 Å². The fraction of sp³-hybridized carbons (Fsp3) is 0.111. The number of halogens is 1. The average Bonchev–Trinajstić information content (AvgIpc) is 2.98. The summed E-state index contributed by atoms with van der Waals surface area (Å²) in [7, 11) is 0. The summed E-state index contributed by atoms with van der Waals surface area (Å²) in [6.45, 7) is 0. The summed E-state index contributed by atoms with van der Waals surface area (Å²) < 4.78 is 0. The number of nitrogens with zero attached hydrogens (tertiary/aromatic N) is 3. The molecule has 0 unspecified atom stereocenters. The van der Waals surface area contributed by atoms with E-state index in [0.29, 0.717) is 29.0 Å². The standard InChI is InChI=1S/C18H14ClN5O/c19-12-7-8-14-13(10-12)16-17(20-14)22-18(24-23-16)21-15(25)9-6-11-4-2-1-3-5-11/h1-5,7-8,10H,6,9H2,(H2,20,21,22,24,25). The van der Waals surface area contributed by atoms with E-state index in [-0.39, 0.29) is 11.9 Å². The lowest BCUT2D eigenvalue weighted by atomic mass is 10.1. The predicted molar refractivity (Wildman–Crippen MR) is 97.6 cm³/mol. The second-order valence-electron chi connectivity index (χ2n) is 5.68. The van der Waals surface area contributed by atoms with Gasteiger partial charge in [-0.15, -0.1) is 10.2 Å². The third kappa shape index (κ3) is 3.29. The van der Waals surface area contributed by atoms with Gasteiger partial charge in [0.25, 0.3) is 5.95 Å². The van der Waals surface area contributed by atoms with Crippen LogP contribution in [0.2, 0.25) is 5.02 Å². The molecule has 0 saturated carbocycles. The van der Waals surface area contributed by atoms with E-state index >= 15 is 0 Å². The summed E-state index contributed by atoms with van der Waals surface area (Å²) in [4.78, 5) is 19.6. The first kappa shape index (κ1) is 15.5. The third-order valence-corrected chi connectivity index (χ3v) is 4.15. The van der Waals surface area contributed by atoms with Gasteiger partial charge in [0.05, 0.1) is 0 Å². The number of rotatable bonds is 4. The Labute approximate surface area is 148 Å². The van der Waals surface area contributed by atoms with Crippen LogP contribution in [-0.2, 0) is 11.2 Å². The minimum absolute atomic E-state index is 0.149. The number of aromatic nitrogens is 4. The van der Waals surface area contributed by atoms with Crippen molar-refractivity contribution in [3.8, 4) is 0 Å². The number of hydrogen-bond acceptors (Lipinski definition) is 4. The molecule has 7 heteroatoms. The van der Waals surface area contributed by atoms with E-state index in [9.17, 15) is 4.79 Å². The van der Waals surface area contributed by atoms with Crippen LogP contribution in [0.1, 0.15) is 12.0 Å². The van der Waals surface area contributed by atoms with Crippen LogP contribution in [0.25, 0.3) is 22.1 Å². The molecular formula is C18H14ClN5O. The average molecular weight is 352 g/mol. The highest BCUT2D eigenvalue weighted by atomic mass is 35.5. The molecule has 2 heterocycles. The van der Waals surface area contributed by atoms with Gasteiger partial charge in [-0.05, 0) is 30.2 Å². The van der Waals surface area contributed by atoms with E-state index in [1.165, 1.54) is 0 Å². The Balaban J connectivity index is 1.51. The van der Waals surface area contributed by atoms with E-state index in [1.807, 2.05) is 42.5 Å². The van der Waals surface area contributed by atoms with Crippen molar-refractivity contribution in [2.75, 3.05) is 5.32 Å². The molecular weight excluding hydrogens is 338 g/mol. The number of carbonyl (C=O) groups is 1. The van der Waals surface area contributed by atoms with Crippen molar-refractivity contribution in [1.29, 1.82) is 0 Å². The molecule has 4 aromatic rings. The van der Waals surface area contributed by atoms with E-state index < -0.39 is 0 Å². The Hall–Kier alpha value is -2.99. The summed E-state index contributed by atoms with van der Waals surface area (Å²) in [5.41, 5.74) is 3.17. The largest absolute Gasteiger partial charge is 0.338 e. The van der Waals surface area contributed by atoms with E-state index in [4.69, 9.17) is 11.6 Å². The molecule has 2 N–H and O–H groups in total. The zero-order valence-corrected chi connectivity index (χ0v) is 13.9. The van der Waals surface area contributed by atoms with Crippen molar-refractivity contribution in [3.05, 3.63) is 59.1 Å². The van der Waals surface area contributed by atoms with E-state index in [0.717, 1.165) is 16.5 Å². The SMILES string of the molecule is O=C(CCc1ccccc1)Nc1nnc2c(n1)[nH]c1ccc(Cl)cc12. The van der Waals surface area contributed by atoms with Gasteiger partial charge in [-0.1, -0.05) is 41.9 Å². The first-order valence-corrected chi connectivity index (χ1v) is 8.22. The summed E-state index contributed by atoms with van der Waals surface area (Å²) in [5.74, 6) is 0.0346. The molecule has 0 fully saturated rings. The third-order valence-electron chi connectivity index (χ3n) is 3.91. The smallest absolute Gasteiger partial charge is 0.251 e. The number of aryl methyl sites for hydroxylation is 1. The van der Waals surface area contributed by atoms with Gasteiger partial charge < -0.3 is 4.98 Å². The van der Waals surface area contributed by atoms with Crippen LogP contribution in [-0.4, -0.2) is 26.1 Å². The molecule has 0 spiro atoms. The van der Waals surface area contributed by atoms with Gasteiger partial charge in [0.15, 0.2) is 5.65 Å². The Morgan fingerprint density at radius 3 is 2.80 bits per heavy atom. The Morgan fingerprint density at radius 2 is 1.96 bits per heavy atom. The zero-order valence-electron chi connectivity index (χ0n) is 13.2. The van der Waals surface area contributed by atoms with Gasteiger partial charge >= 0.3 is 0 Å². The van der Waals surface area contributed by atoms with Crippen molar-refractivity contribution < 1.29 is 4.79 Å². The molecule has 0 atom stereocenters. The van der Waals surface area contributed by atoms with Gasteiger partial charge in [0.2, 0.25) is 5.91 Å². The van der Waals surface area contributed by atoms with Crippen LogP contribution >= 0.6 is 11.6 Å². The number of hydrogen-bond donors (Lipinski definition) is 2. The van der Waals surface area contributed by atoms with Crippen molar-refractivity contribution in [2.24, 2.45) is 0 Å². The lowest BCUT2D eigenvalue weighted by Gasteiger charge is -2.03. The van der Waals surface area contributed by atoms with Gasteiger partial charge in [0.1, 0.15) is 5.52 Å². The highest BCUT2D eigenvalue weighted by Gasteiger charge is 2.11. The zero-order chi connectivity index (χ0) is 17.2. The molecule has 0 aliphatic heterocycles. The van der Waals surface area contributed by atoms with Crippen molar-refractivity contribution >= 4 is 45.5 Å². The molecule has 0 aliphatic carbocycles. The molecule has 124 valence electrons. The highest BCUT2D eigenvalue weighted by Crippen LogP contribution is 2.25. The molecule has 1 amide bonds. The van der Waals surface area contributed by atoms with Crippen LogP contribution in [0.5, 0.6) is 0 Å². The van der Waals surface area contributed by atoms with E-state index in [2.05, 4.69) is 25.5 Å². The molecule has 0 bridgehead atoms. The number of anilines is 1. The first-order valence-electron chi connectivity index (χ1n) is 7.84. The first-order chi connectivity index (χ1) is 12.2. The molecule has 6 nitrogen and oxygen atoms in total. The van der Waals surface area contributed by atoms with Gasteiger partial charge in [-0.25, -0.2) is 0 Å². The van der Waals surface area contributed by atoms with Crippen LogP contribution in [0.4, 0.5) is 5.95 Å². The summed E-state index contributed by atoms with van der Waals surface area (Å²) in [6.07, 6.45) is 1.01. The lowest BCUT2D eigenvalue weighted by molar-refractivity contribution is -0.116. The number of carbonyl (C=O) groups excluding carboxylic acids is 1. The molecule has 25 heavy (non-hydrogen) atoms. The normalized spacial score (nSPS) is 11.1. The predicted octanol–water partition coefficient (Wildman–Crippen LogP) is 3.73. The quantitative estimate of drug-likeness (QED) is 0.586. The fourth-order valence-corrected chi connectivity index (χ4v) is 2.86. The summed E-state index contributed by atoms with van der Waals surface area (Å²) in [5, 5.41) is 12.3. The molecule has 4 rings (SSSR count). The monoisotopic (exact) mass is 351 g/mol. The Morgan fingerprint density at radius 1 is 1.12 bits per heavy atom. The minimum atomic E-state index is -0.149. The van der Waals surface area contributed by atoms with Gasteiger partial charge in [-0.3, -0.25) is 10.1 Å². The molecule has 0 saturated heterocycles. The van der Waals surface area contributed by atoms with Gasteiger partial charge in [-0.2, -0.15) is 4.98 Å². The van der Waals surface area contributed by atoms with Crippen molar-refractivity contribution in [2.45, 2.75) is 12.8 Å². The molecule has 0 aliphatic rings. The van der Waals surface area contributed by atoms with E-state index in [1.54, 1.807) is 6.07 Å². The maximum atomic E-state index is 12.1. The maximum absolute atomic E-state index is 12.1. The second kappa shape index (κ2) is 6.49. The van der Waals surface area contributed by atoms with Gasteiger partial charge in [0, 0.05) is 22.3 Å². The number of benzene rings is 2. The molecule has 2 aromatic carbocycles. The van der Waals surface area contributed by atoms with Crippen LogP contribution in [0.3, 0.4) is 0 Å². The number of aromatic amines is 1.